The van der Waals surface area contributed by atoms with E-state index < -0.39 is 0 Å². The second-order valence-corrected chi connectivity index (χ2v) is 9.82. The van der Waals surface area contributed by atoms with Crippen LogP contribution >= 0.6 is 0 Å². The molecular weight excluding hydrogens is 378 g/mol. The van der Waals surface area contributed by atoms with Crippen molar-refractivity contribution in [1.82, 2.24) is 4.57 Å². The maximum atomic E-state index is 9.86. The zero-order chi connectivity index (χ0) is 21.8. The molecule has 0 N–H and O–H groups in total. The molecule has 3 aliphatic rings. The summed E-state index contributed by atoms with van der Waals surface area (Å²) in [6.07, 6.45) is 10.1. The highest BCUT2D eigenvalue weighted by Gasteiger charge is 2.56. The van der Waals surface area contributed by atoms with Gasteiger partial charge < -0.3 is 0 Å². The Morgan fingerprint density at radius 1 is 1.16 bits per heavy atom. The largest absolute Gasteiger partial charge is 0.286 e. The normalized spacial score (nSPS) is 29.1. The van der Waals surface area contributed by atoms with E-state index in [1.54, 1.807) is 5.57 Å². The van der Waals surface area contributed by atoms with Crippen molar-refractivity contribution in [3.05, 3.63) is 59.6 Å². The van der Waals surface area contributed by atoms with E-state index in [2.05, 4.69) is 85.5 Å². The molecular formula is C28H34N3+. The predicted molar refractivity (Wildman–Crippen MR) is 125 cm³/mol. The highest BCUT2D eigenvalue weighted by atomic mass is 15.2. The van der Waals surface area contributed by atoms with Crippen LogP contribution < -0.4 is 4.57 Å². The molecule has 1 aliphatic carbocycles. The van der Waals surface area contributed by atoms with Gasteiger partial charge in [-0.15, -0.1) is 0 Å². The third kappa shape index (κ3) is 2.80. The van der Waals surface area contributed by atoms with Gasteiger partial charge in [0.25, 0.3) is 5.82 Å². The lowest BCUT2D eigenvalue weighted by Crippen LogP contribution is -2.65. The number of nitrogens with zero attached hydrogens (tertiary/aromatic N) is 3. The molecule has 1 aromatic carbocycles. The summed E-state index contributed by atoms with van der Waals surface area (Å²) in [6, 6.07) is 13.4. The molecule has 0 spiro atoms. The average Bonchev–Trinajstić information content (AvgIpc) is 3.13. The van der Waals surface area contributed by atoms with Gasteiger partial charge in [-0.1, -0.05) is 57.5 Å². The molecule has 5 rings (SSSR count). The van der Waals surface area contributed by atoms with E-state index >= 15 is 0 Å². The summed E-state index contributed by atoms with van der Waals surface area (Å²) in [5, 5.41) is 9.86. The highest BCUT2D eigenvalue weighted by Crippen LogP contribution is 2.54. The molecule has 0 saturated carbocycles. The maximum absolute atomic E-state index is 9.86. The second kappa shape index (κ2) is 7.52. The molecule has 31 heavy (non-hydrogen) atoms. The summed E-state index contributed by atoms with van der Waals surface area (Å²) >= 11 is 0. The van der Waals surface area contributed by atoms with Crippen LogP contribution in [0.1, 0.15) is 65.6 Å². The Hall–Kier alpha value is -2.60. The van der Waals surface area contributed by atoms with E-state index in [-0.39, 0.29) is 5.54 Å². The van der Waals surface area contributed by atoms with E-state index in [0.717, 1.165) is 37.8 Å². The molecule has 0 saturated heterocycles. The number of allylic oxidation sites excluding steroid dienone is 4. The smallest absolute Gasteiger partial charge is 0.224 e. The van der Waals surface area contributed by atoms with Gasteiger partial charge in [0.05, 0.1) is 12.6 Å². The molecule has 2 aromatic rings. The Labute approximate surface area is 186 Å². The lowest BCUT2D eigenvalue weighted by Gasteiger charge is -2.47. The van der Waals surface area contributed by atoms with E-state index in [0.29, 0.717) is 17.8 Å². The first-order chi connectivity index (χ1) is 15.1. The molecule has 4 unspecified atom stereocenters. The lowest BCUT2D eigenvalue weighted by atomic mass is 9.62. The van der Waals surface area contributed by atoms with Gasteiger partial charge in [-0.3, -0.25) is 0 Å². The van der Waals surface area contributed by atoms with Gasteiger partial charge in [0.2, 0.25) is 0 Å². The van der Waals surface area contributed by atoms with Crippen LogP contribution in [0.4, 0.5) is 0 Å². The minimum absolute atomic E-state index is 0.0834. The summed E-state index contributed by atoms with van der Waals surface area (Å²) in [5.41, 5.74) is 6.66. The van der Waals surface area contributed by atoms with Crippen molar-refractivity contribution in [3.8, 4) is 17.3 Å². The topological polar surface area (TPSA) is 32.6 Å². The number of aromatic nitrogens is 2. The molecule has 3 heteroatoms. The molecule has 3 nitrogen and oxygen atoms in total. The molecule has 1 aromatic heterocycles. The number of nitriles is 1. The maximum Gasteiger partial charge on any atom is 0.286 e. The van der Waals surface area contributed by atoms with Gasteiger partial charge in [-0.2, -0.15) is 5.26 Å². The van der Waals surface area contributed by atoms with Crippen molar-refractivity contribution < 1.29 is 4.57 Å². The fourth-order valence-corrected chi connectivity index (χ4v) is 6.86. The fourth-order valence-electron chi connectivity index (χ4n) is 6.86. The van der Waals surface area contributed by atoms with E-state index in [4.69, 9.17) is 0 Å². The number of imidazole rings is 1. The van der Waals surface area contributed by atoms with Gasteiger partial charge in [-0.25, -0.2) is 9.13 Å². The molecule has 4 atom stereocenters. The minimum atomic E-state index is 0.0834. The average molecular weight is 413 g/mol. The van der Waals surface area contributed by atoms with Crippen molar-refractivity contribution in [3.63, 3.8) is 0 Å². The summed E-state index contributed by atoms with van der Waals surface area (Å²) in [5.74, 6) is 3.04. The zero-order valence-corrected chi connectivity index (χ0v) is 19.4. The number of hydrogen-bond donors (Lipinski definition) is 0. The minimum Gasteiger partial charge on any atom is -0.224 e. The molecule has 0 bridgehead atoms. The first kappa shape index (κ1) is 20.3. The quantitative estimate of drug-likeness (QED) is 0.545. The second-order valence-electron chi connectivity index (χ2n) is 9.82. The fraction of sp³-hybridized carbons (Fsp3) is 0.500. The Balaban J connectivity index is 1.85. The first-order valence-corrected chi connectivity index (χ1v) is 12.1. The molecule has 0 amide bonds. The molecule has 2 aliphatic heterocycles. The lowest BCUT2D eigenvalue weighted by molar-refractivity contribution is -0.777. The monoisotopic (exact) mass is 412 g/mol. The summed E-state index contributed by atoms with van der Waals surface area (Å²) in [4.78, 5) is 0. The van der Waals surface area contributed by atoms with Crippen LogP contribution in [0.25, 0.3) is 16.8 Å². The summed E-state index contributed by atoms with van der Waals surface area (Å²) < 4.78 is 5.21. The van der Waals surface area contributed by atoms with Crippen molar-refractivity contribution in [1.29, 1.82) is 5.26 Å². The van der Waals surface area contributed by atoms with Crippen LogP contribution in [-0.4, -0.2) is 4.57 Å². The van der Waals surface area contributed by atoms with E-state index in [9.17, 15) is 5.26 Å². The number of rotatable bonds is 4. The van der Waals surface area contributed by atoms with Gasteiger partial charge in [0.1, 0.15) is 11.7 Å². The molecule has 0 fully saturated rings. The number of hydrogen-bond acceptors (Lipinski definition) is 1. The Morgan fingerprint density at radius 2 is 1.94 bits per heavy atom. The van der Waals surface area contributed by atoms with Gasteiger partial charge in [0.15, 0.2) is 5.69 Å². The molecule has 0 radical (unpaired) electrons. The molecule has 3 heterocycles. The van der Waals surface area contributed by atoms with Crippen molar-refractivity contribution in [2.24, 2.45) is 17.8 Å². The van der Waals surface area contributed by atoms with Gasteiger partial charge in [-0.05, 0) is 43.8 Å². The predicted octanol–water partition coefficient (Wildman–Crippen LogP) is 6.26. The van der Waals surface area contributed by atoms with Crippen LogP contribution in [-0.2, 0) is 12.1 Å². The van der Waals surface area contributed by atoms with Gasteiger partial charge in [0, 0.05) is 35.0 Å². The van der Waals surface area contributed by atoms with Crippen molar-refractivity contribution >= 4 is 5.57 Å². The highest BCUT2D eigenvalue weighted by molar-refractivity contribution is 5.74. The SMILES string of the molecule is CCC1CC(C#N)=CC2=C3c4n(c(-c5ccccc5)c[n+]4C(C)(CC)C(CC)C31)CC2. The van der Waals surface area contributed by atoms with Crippen LogP contribution in [0.3, 0.4) is 0 Å². The number of benzene rings is 1. The van der Waals surface area contributed by atoms with E-state index in [1.807, 2.05) is 0 Å². The third-order valence-electron chi connectivity index (χ3n) is 8.57. The molecule has 160 valence electrons. The van der Waals surface area contributed by atoms with E-state index in [1.165, 1.54) is 29.1 Å². The van der Waals surface area contributed by atoms with Crippen molar-refractivity contribution in [2.75, 3.05) is 0 Å². The van der Waals surface area contributed by atoms with Crippen molar-refractivity contribution in [2.45, 2.75) is 71.9 Å². The standard InChI is InChI=1S/C28H34N3/c1-5-20-15-19(17-29)16-22-13-14-30-24(21-11-9-8-10-12-21)18-31-27(30)26(22)25(20)23(6-2)28(31,4)7-3/h8-12,16,18,20,23,25H,5-7,13-15H2,1-4H3/q+1. The Kier molecular flexibility index (Phi) is 4.93. The Bertz CT molecular complexity index is 1110. The van der Waals surface area contributed by atoms with Crippen LogP contribution in [0, 0.1) is 29.1 Å². The summed E-state index contributed by atoms with van der Waals surface area (Å²) in [7, 11) is 0. The Morgan fingerprint density at radius 3 is 2.58 bits per heavy atom. The third-order valence-corrected chi connectivity index (χ3v) is 8.57. The summed E-state index contributed by atoms with van der Waals surface area (Å²) in [6.45, 7) is 10.5. The van der Waals surface area contributed by atoms with Crippen LogP contribution in [0.2, 0.25) is 0 Å². The van der Waals surface area contributed by atoms with Gasteiger partial charge >= 0.3 is 0 Å². The zero-order valence-electron chi connectivity index (χ0n) is 19.4. The van der Waals surface area contributed by atoms with Crippen LogP contribution in [0.5, 0.6) is 0 Å². The first-order valence-electron chi connectivity index (χ1n) is 12.1. The van der Waals surface area contributed by atoms with Crippen LogP contribution in [0.15, 0.2) is 53.8 Å².